The highest BCUT2D eigenvalue weighted by Crippen LogP contribution is 2.33. The maximum atomic E-state index is 12.7. The van der Waals surface area contributed by atoms with E-state index in [9.17, 15) is 13.2 Å². The lowest BCUT2D eigenvalue weighted by atomic mass is 9.95. The summed E-state index contributed by atoms with van der Waals surface area (Å²) in [4.78, 5) is 1.98. The Kier molecular flexibility index (Phi) is 7.15. The number of piperidine rings is 1. The van der Waals surface area contributed by atoms with E-state index in [2.05, 4.69) is 6.92 Å². The standard InChI is InChI=1S/C14H27F3N2/c1-2-12(7-8-18)5-3-9-19-10-4-6-13(11-19)14(15,16)17/h12-13H,2-11,18H2,1H3. The molecule has 0 aliphatic carbocycles. The van der Waals surface area contributed by atoms with Crippen LogP contribution in [0.4, 0.5) is 13.2 Å². The number of alkyl halides is 3. The van der Waals surface area contributed by atoms with Crippen LogP contribution >= 0.6 is 0 Å². The minimum atomic E-state index is -4.02. The number of nitrogens with two attached hydrogens (primary N) is 1. The summed E-state index contributed by atoms with van der Waals surface area (Å²) in [6, 6.07) is 0. The van der Waals surface area contributed by atoms with Gasteiger partial charge < -0.3 is 10.6 Å². The summed E-state index contributed by atoms with van der Waals surface area (Å²) < 4.78 is 38.0. The summed E-state index contributed by atoms with van der Waals surface area (Å²) in [7, 11) is 0. The van der Waals surface area contributed by atoms with Crippen LogP contribution in [0.2, 0.25) is 0 Å². The molecule has 0 radical (unpaired) electrons. The van der Waals surface area contributed by atoms with E-state index in [1.54, 1.807) is 0 Å². The molecule has 1 fully saturated rings. The minimum absolute atomic E-state index is 0.192. The van der Waals surface area contributed by atoms with E-state index >= 15 is 0 Å². The first kappa shape index (κ1) is 16.8. The first-order chi connectivity index (χ1) is 8.97. The molecule has 0 aromatic rings. The van der Waals surface area contributed by atoms with Gasteiger partial charge in [-0.3, -0.25) is 0 Å². The van der Waals surface area contributed by atoms with Crippen LogP contribution in [0.15, 0.2) is 0 Å². The molecule has 0 bridgehead atoms. The monoisotopic (exact) mass is 280 g/mol. The van der Waals surface area contributed by atoms with Crippen molar-refractivity contribution in [2.75, 3.05) is 26.2 Å². The third-order valence-electron chi connectivity index (χ3n) is 4.21. The van der Waals surface area contributed by atoms with Gasteiger partial charge in [0.2, 0.25) is 0 Å². The molecule has 0 aromatic carbocycles. The molecule has 2 N–H and O–H groups in total. The lowest BCUT2D eigenvalue weighted by molar-refractivity contribution is -0.186. The summed E-state index contributed by atoms with van der Waals surface area (Å²) in [5, 5.41) is 0. The first-order valence-corrected chi connectivity index (χ1v) is 7.46. The van der Waals surface area contributed by atoms with E-state index in [4.69, 9.17) is 5.73 Å². The van der Waals surface area contributed by atoms with E-state index in [1.807, 2.05) is 4.90 Å². The van der Waals surface area contributed by atoms with E-state index in [0.717, 1.165) is 38.8 Å². The predicted molar refractivity (Wildman–Crippen MR) is 71.9 cm³/mol. The van der Waals surface area contributed by atoms with Gasteiger partial charge in [-0.05, 0) is 57.7 Å². The number of hydrogen-bond donors (Lipinski definition) is 1. The van der Waals surface area contributed by atoms with Gasteiger partial charge >= 0.3 is 6.18 Å². The normalized spacial score (nSPS) is 23.5. The van der Waals surface area contributed by atoms with Crippen molar-refractivity contribution < 1.29 is 13.2 Å². The Labute approximate surface area is 114 Å². The quantitative estimate of drug-likeness (QED) is 0.774. The Morgan fingerprint density at radius 2 is 2.05 bits per heavy atom. The Morgan fingerprint density at radius 1 is 1.32 bits per heavy atom. The lowest BCUT2D eigenvalue weighted by Crippen LogP contribution is -2.42. The third-order valence-corrected chi connectivity index (χ3v) is 4.21. The highest BCUT2D eigenvalue weighted by Gasteiger charge is 2.41. The molecule has 0 spiro atoms. The van der Waals surface area contributed by atoms with Gasteiger partial charge in [0, 0.05) is 6.54 Å². The molecule has 2 unspecified atom stereocenters. The first-order valence-electron chi connectivity index (χ1n) is 7.46. The van der Waals surface area contributed by atoms with E-state index in [-0.39, 0.29) is 6.54 Å². The molecule has 114 valence electrons. The van der Waals surface area contributed by atoms with Gasteiger partial charge in [-0.1, -0.05) is 13.3 Å². The summed E-state index contributed by atoms with van der Waals surface area (Å²) in [6.07, 6.45) is 1.16. The fraction of sp³-hybridized carbons (Fsp3) is 1.00. The maximum Gasteiger partial charge on any atom is 0.393 e. The van der Waals surface area contributed by atoms with Gasteiger partial charge in [0.1, 0.15) is 0 Å². The van der Waals surface area contributed by atoms with Gasteiger partial charge in [0.25, 0.3) is 0 Å². The van der Waals surface area contributed by atoms with Crippen molar-refractivity contribution in [2.24, 2.45) is 17.6 Å². The van der Waals surface area contributed by atoms with Gasteiger partial charge in [-0.25, -0.2) is 0 Å². The van der Waals surface area contributed by atoms with Gasteiger partial charge in [-0.15, -0.1) is 0 Å². The highest BCUT2D eigenvalue weighted by atomic mass is 19.4. The number of halogens is 3. The zero-order chi connectivity index (χ0) is 14.3. The van der Waals surface area contributed by atoms with E-state index < -0.39 is 12.1 Å². The van der Waals surface area contributed by atoms with Crippen molar-refractivity contribution in [1.82, 2.24) is 4.90 Å². The molecule has 1 aliphatic rings. The molecule has 1 aliphatic heterocycles. The van der Waals surface area contributed by atoms with Crippen LogP contribution in [-0.4, -0.2) is 37.3 Å². The van der Waals surface area contributed by atoms with Gasteiger partial charge in [0.15, 0.2) is 0 Å². The second-order valence-corrected chi connectivity index (χ2v) is 5.68. The maximum absolute atomic E-state index is 12.7. The van der Waals surface area contributed by atoms with Crippen LogP contribution in [-0.2, 0) is 0 Å². The number of rotatable bonds is 7. The summed E-state index contributed by atoms with van der Waals surface area (Å²) >= 11 is 0. The largest absolute Gasteiger partial charge is 0.393 e. The highest BCUT2D eigenvalue weighted by molar-refractivity contribution is 4.78. The Bertz CT molecular complexity index is 243. The Balaban J connectivity index is 2.25. The smallest absolute Gasteiger partial charge is 0.330 e. The minimum Gasteiger partial charge on any atom is -0.330 e. The van der Waals surface area contributed by atoms with Gasteiger partial charge in [0.05, 0.1) is 5.92 Å². The molecule has 0 saturated carbocycles. The summed E-state index contributed by atoms with van der Waals surface area (Å²) in [5.74, 6) is -0.486. The van der Waals surface area contributed by atoms with Crippen LogP contribution in [0, 0.1) is 11.8 Å². The molecule has 0 aromatic heterocycles. The summed E-state index contributed by atoms with van der Waals surface area (Å²) in [5.41, 5.74) is 5.55. The van der Waals surface area contributed by atoms with Crippen LogP contribution in [0.25, 0.3) is 0 Å². The van der Waals surface area contributed by atoms with Crippen molar-refractivity contribution in [3.05, 3.63) is 0 Å². The van der Waals surface area contributed by atoms with Crippen LogP contribution < -0.4 is 5.73 Å². The van der Waals surface area contributed by atoms with Crippen LogP contribution in [0.5, 0.6) is 0 Å². The molecule has 1 rings (SSSR count). The molecule has 1 heterocycles. The molecule has 2 nitrogen and oxygen atoms in total. The van der Waals surface area contributed by atoms with Crippen LogP contribution in [0.1, 0.15) is 45.4 Å². The zero-order valence-corrected chi connectivity index (χ0v) is 11.9. The van der Waals surface area contributed by atoms with Crippen molar-refractivity contribution in [2.45, 2.75) is 51.6 Å². The molecular formula is C14H27F3N2. The van der Waals surface area contributed by atoms with Crippen molar-refractivity contribution in [3.63, 3.8) is 0 Å². The lowest BCUT2D eigenvalue weighted by Gasteiger charge is -2.33. The third kappa shape index (κ3) is 6.13. The van der Waals surface area contributed by atoms with Crippen molar-refractivity contribution in [3.8, 4) is 0 Å². The molecule has 2 atom stereocenters. The van der Waals surface area contributed by atoms with Gasteiger partial charge in [-0.2, -0.15) is 13.2 Å². The molecule has 5 heteroatoms. The Hall–Kier alpha value is -0.290. The number of nitrogens with zero attached hydrogens (tertiary/aromatic N) is 1. The van der Waals surface area contributed by atoms with Crippen molar-refractivity contribution in [1.29, 1.82) is 0 Å². The van der Waals surface area contributed by atoms with Crippen LogP contribution in [0.3, 0.4) is 0 Å². The second kappa shape index (κ2) is 8.10. The molecular weight excluding hydrogens is 253 g/mol. The second-order valence-electron chi connectivity index (χ2n) is 5.68. The fourth-order valence-corrected chi connectivity index (χ4v) is 2.92. The number of hydrogen-bond acceptors (Lipinski definition) is 2. The topological polar surface area (TPSA) is 29.3 Å². The predicted octanol–water partition coefficient (Wildman–Crippen LogP) is 3.42. The molecule has 0 amide bonds. The molecule has 19 heavy (non-hydrogen) atoms. The average molecular weight is 280 g/mol. The molecule has 1 saturated heterocycles. The summed E-state index contributed by atoms with van der Waals surface area (Å²) in [6.45, 7) is 4.67. The van der Waals surface area contributed by atoms with Crippen molar-refractivity contribution >= 4 is 0 Å². The average Bonchev–Trinajstić information content (AvgIpc) is 2.37. The Morgan fingerprint density at radius 3 is 2.63 bits per heavy atom. The van der Waals surface area contributed by atoms with E-state index in [1.165, 1.54) is 0 Å². The SMILES string of the molecule is CCC(CCN)CCCN1CCCC(C(F)(F)F)C1. The number of likely N-dealkylation sites (tertiary alicyclic amines) is 1. The van der Waals surface area contributed by atoms with E-state index in [0.29, 0.717) is 25.3 Å². The zero-order valence-electron chi connectivity index (χ0n) is 11.9. The fourth-order valence-electron chi connectivity index (χ4n) is 2.92.